The molecule has 0 saturated carbocycles. The van der Waals surface area contributed by atoms with E-state index >= 15 is 0 Å². The Balaban J connectivity index is 2.09. The minimum absolute atomic E-state index is 0.116. The molecule has 1 aliphatic rings. The molecule has 1 aromatic carbocycles. The molecule has 0 spiro atoms. The zero-order chi connectivity index (χ0) is 10.7. The van der Waals surface area contributed by atoms with Crippen LogP contribution in [0.4, 0.5) is 8.78 Å². The van der Waals surface area contributed by atoms with Gasteiger partial charge in [0.15, 0.2) is 0 Å². The average molecular weight is 212 g/mol. The number of rotatable bonds is 2. The monoisotopic (exact) mass is 212 g/mol. The third-order valence-electron chi connectivity index (χ3n) is 2.64. The lowest BCUT2D eigenvalue weighted by molar-refractivity contribution is 0.405. The van der Waals surface area contributed by atoms with E-state index in [4.69, 9.17) is 0 Å². The van der Waals surface area contributed by atoms with Gasteiger partial charge in [0.05, 0.1) is 0 Å². The van der Waals surface area contributed by atoms with Crippen molar-refractivity contribution in [1.82, 2.24) is 10.6 Å². The van der Waals surface area contributed by atoms with E-state index in [2.05, 4.69) is 10.6 Å². The van der Waals surface area contributed by atoms with Gasteiger partial charge in [-0.05, 0) is 18.6 Å². The number of hydrogen-bond donors (Lipinski definition) is 2. The maximum Gasteiger partial charge on any atom is 0.129 e. The topological polar surface area (TPSA) is 24.1 Å². The van der Waals surface area contributed by atoms with Gasteiger partial charge in [-0.25, -0.2) is 8.78 Å². The predicted octanol–water partition coefficient (Wildman–Crippen LogP) is 1.07. The first kappa shape index (κ1) is 10.5. The number of nitrogens with one attached hydrogen (secondary N) is 2. The second-order valence-electron chi connectivity index (χ2n) is 3.76. The Hall–Kier alpha value is -1.00. The maximum atomic E-state index is 13.3. The Kier molecular flexibility index (Phi) is 3.28. The average Bonchev–Trinajstić information content (AvgIpc) is 2.25. The summed E-state index contributed by atoms with van der Waals surface area (Å²) in [4.78, 5) is 0. The molecule has 0 aliphatic carbocycles. The lowest BCUT2D eigenvalue weighted by Crippen LogP contribution is -2.49. The predicted molar refractivity (Wildman–Crippen MR) is 54.7 cm³/mol. The van der Waals surface area contributed by atoms with Crippen molar-refractivity contribution in [3.05, 3.63) is 35.4 Å². The van der Waals surface area contributed by atoms with Crippen LogP contribution in [0.5, 0.6) is 0 Å². The fourth-order valence-corrected chi connectivity index (χ4v) is 1.83. The Labute approximate surface area is 87.7 Å². The van der Waals surface area contributed by atoms with E-state index in [1.54, 1.807) is 0 Å². The van der Waals surface area contributed by atoms with Gasteiger partial charge in [-0.3, -0.25) is 0 Å². The zero-order valence-electron chi connectivity index (χ0n) is 8.39. The quantitative estimate of drug-likeness (QED) is 0.766. The molecular weight excluding hydrogens is 198 g/mol. The smallest absolute Gasteiger partial charge is 0.129 e. The van der Waals surface area contributed by atoms with Crippen LogP contribution in [0.2, 0.25) is 0 Å². The van der Waals surface area contributed by atoms with Gasteiger partial charge in [0.25, 0.3) is 0 Å². The third kappa shape index (κ3) is 2.52. The molecule has 1 aromatic rings. The van der Waals surface area contributed by atoms with Crippen molar-refractivity contribution in [1.29, 1.82) is 0 Å². The first-order valence-electron chi connectivity index (χ1n) is 5.14. The number of benzene rings is 1. The highest BCUT2D eigenvalue weighted by molar-refractivity contribution is 5.21. The number of piperazine rings is 1. The molecule has 82 valence electrons. The Morgan fingerprint density at radius 1 is 1.20 bits per heavy atom. The summed E-state index contributed by atoms with van der Waals surface area (Å²) in [5, 5.41) is 6.41. The minimum atomic E-state index is -0.456. The Bertz CT molecular complexity index is 315. The van der Waals surface area contributed by atoms with Gasteiger partial charge < -0.3 is 10.6 Å². The van der Waals surface area contributed by atoms with E-state index in [9.17, 15) is 8.78 Å². The number of halogens is 2. The van der Waals surface area contributed by atoms with Crippen LogP contribution in [0.3, 0.4) is 0 Å². The zero-order valence-corrected chi connectivity index (χ0v) is 8.39. The van der Waals surface area contributed by atoms with Crippen LogP contribution in [0, 0.1) is 11.6 Å². The molecule has 1 saturated heterocycles. The van der Waals surface area contributed by atoms with Gasteiger partial charge in [-0.15, -0.1) is 0 Å². The normalized spacial score (nSPS) is 21.6. The fraction of sp³-hybridized carbons (Fsp3) is 0.455. The molecule has 1 heterocycles. The van der Waals surface area contributed by atoms with Crippen molar-refractivity contribution in [2.75, 3.05) is 19.6 Å². The molecule has 2 rings (SSSR count). The molecule has 0 amide bonds. The molecule has 2 nitrogen and oxygen atoms in total. The Morgan fingerprint density at radius 2 is 1.93 bits per heavy atom. The molecule has 1 aliphatic heterocycles. The van der Waals surface area contributed by atoms with Gasteiger partial charge >= 0.3 is 0 Å². The second kappa shape index (κ2) is 4.68. The van der Waals surface area contributed by atoms with Gasteiger partial charge in [-0.2, -0.15) is 0 Å². The SMILES string of the molecule is Fc1cccc(F)c1C[C@H]1CNCCN1. The molecule has 0 aromatic heterocycles. The highest BCUT2D eigenvalue weighted by Gasteiger charge is 2.17. The summed E-state index contributed by atoms with van der Waals surface area (Å²) in [6, 6.07) is 4.11. The summed E-state index contributed by atoms with van der Waals surface area (Å²) in [7, 11) is 0. The molecule has 1 fully saturated rings. The summed E-state index contributed by atoms with van der Waals surface area (Å²) in [6.07, 6.45) is 0.394. The molecule has 0 radical (unpaired) electrons. The van der Waals surface area contributed by atoms with Crippen LogP contribution in [-0.4, -0.2) is 25.7 Å². The molecular formula is C11H14F2N2. The lowest BCUT2D eigenvalue weighted by Gasteiger charge is -2.24. The third-order valence-corrected chi connectivity index (χ3v) is 2.64. The minimum Gasteiger partial charge on any atom is -0.314 e. The lowest BCUT2D eigenvalue weighted by atomic mass is 10.0. The first-order valence-corrected chi connectivity index (χ1v) is 5.14. The molecule has 1 atom stereocenters. The van der Waals surface area contributed by atoms with E-state index in [0.29, 0.717) is 6.42 Å². The first-order chi connectivity index (χ1) is 7.27. The summed E-state index contributed by atoms with van der Waals surface area (Å²) >= 11 is 0. The van der Waals surface area contributed by atoms with Crippen LogP contribution in [0.15, 0.2) is 18.2 Å². The fourth-order valence-electron chi connectivity index (χ4n) is 1.83. The highest BCUT2D eigenvalue weighted by atomic mass is 19.1. The summed E-state index contributed by atoms with van der Waals surface area (Å²) < 4.78 is 26.6. The van der Waals surface area contributed by atoms with Crippen molar-refractivity contribution in [3.63, 3.8) is 0 Å². The van der Waals surface area contributed by atoms with E-state index < -0.39 is 11.6 Å². The van der Waals surface area contributed by atoms with E-state index in [1.807, 2.05) is 0 Å². The Morgan fingerprint density at radius 3 is 2.53 bits per heavy atom. The summed E-state index contributed by atoms with van der Waals surface area (Å²) in [6.45, 7) is 2.52. The molecule has 0 unspecified atom stereocenters. The van der Waals surface area contributed by atoms with Gasteiger partial charge in [-0.1, -0.05) is 6.07 Å². The largest absolute Gasteiger partial charge is 0.314 e. The van der Waals surface area contributed by atoms with Crippen molar-refractivity contribution in [3.8, 4) is 0 Å². The van der Waals surface area contributed by atoms with Crippen molar-refractivity contribution < 1.29 is 8.78 Å². The van der Waals surface area contributed by atoms with Crippen LogP contribution < -0.4 is 10.6 Å². The van der Waals surface area contributed by atoms with Crippen LogP contribution in [0.1, 0.15) is 5.56 Å². The van der Waals surface area contributed by atoms with Crippen LogP contribution in [0.25, 0.3) is 0 Å². The van der Waals surface area contributed by atoms with E-state index in [1.165, 1.54) is 18.2 Å². The highest BCUT2D eigenvalue weighted by Crippen LogP contribution is 2.14. The van der Waals surface area contributed by atoms with Gasteiger partial charge in [0.2, 0.25) is 0 Å². The van der Waals surface area contributed by atoms with E-state index in [-0.39, 0.29) is 11.6 Å². The number of hydrogen-bond acceptors (Lipinski definition) is 2. The molecule has 0 bridgehead atoms. The van der Waals surface area contributed by atoms with Crippen molar-refractivity contribution >= 4 is 0 Å². The van der Waals surface area contributed by atoms with Gasteiger partial charge in [0.1, 0.15) is 11.6 Å². The standard InChI is InChI=1S/C11H14F2N2/c12-10-2-1-3-11(13)9(10)6-8-7-14-4-5-15-8/h1-3,8,14-15H,4-7H2/t8-/m0/s1. The van der Waals surface area contributed by atoms with Crippen LogP contribution in [-0.2, 0) is 6.42 Å². The van der Waals surface area contributed by atoms with Gasteiger partial charge in [0, 0.05) is 31.2 Å². The second-order valence-corrected chi connectivity index (χ2v) is 3.76. The summed E-state index contributed by atoms with van der Waals surface area (Å²) in [5.74, 6) is -0.912. The van der Waals surface area contributed by atoms with Crippen molar-refractivity contribution in [2.24, 2.45) is 0 Å². The molecule has 4 heteroatoms. The maximum absolute atomic E-state index is 13.3. The molecule has 15 heavy (non-hydrogen) atoms. The van der Waals surface area contributed by atoms with E-state index in [0.717, 1.165) is 19.6 Å². The van der Waals surface area contributed by atoms with Crippen molar-refractivity contribution in [2.45, 2.75) is 12.5 Å². The van der Waals surface area contributed by atoms with Crippen LogP contribution >= 0.6 is 0 Å². The molecule has 2 N–H and O–H groups in total. The summed E-state index contributed by atoms with van der Waals surface area (Å²) in [5.41, 5.74) is 0.179.